The highest BCUT2D eigenvalue weighted by Gasteiger charge is 2.20. The molecule has 3 aromatic rings. The van der Waals surface area contributed by atoms with Gasteiger partial charge in [-0.3, -0.25) is 0 Å². The summed E-state index contributed by atoms with van der Waals surface area (Å²) < 4.78 is 21.8. The highest BCUT2D eigenvalue weighted by atomic mass is 32.1. The third-order valence-electron chi connectivity index (χ3n) is 4.90. The second-order valence-corrected chi connectivity index (χ2v) is 7.99. The summed E-state index contributed by atoms with van der Waals surface area (Å²) in [4.78, 5) is 7.10. The van der Waals surface area contributed by atoms with Crippen molar-refractivity contribution in [3.63, 3.8) is 0 Å². The van der Waals surface area contributed by atoms with Gasteiger partial charge in [0.15, 0.2) is 5.13 Å². The molecule has 0 N–H and O–H groups in total. The number of nitrogens with zero attached hydrogens (tertiary/aromatic N) is 2. The van der Waals surface area contributed by atoms with E-state index in [1.165, 1.54) is 0 Å². The lowest BCUT2D eigenvalue weighted by atomic mass is 10.1. The number of benzene rings is 2. The lowest BCUT2D eigenvalue weighted by Crippen LogP contribution is -2.35. The first-order valence-corrected chi connectivity index (χ1v) is 10.8. The minimum Gasteiger partial charge on any atom is -0.497 e. The Hall–Kier alpha value is -2.61. The highest BCUT2D eigenvalue weighted by Crippen LogP contribution is 2.27. The Morgan fingerprint density at radius 2 is 1.63 bits per heavy atom. The Morgan fingerprint density at radius 3 is 2.17 bits per heavy atom. The molecule has 30 heavy (non-hydrogen) atoms. The molecule has 0 spiro atoms. The molecular formula is C23H26N2O4S. The van der Waals surface area contributed by atoms with Crippen molar-refractivity contribution in [1.82, 2.24) is 4.98 Å². The molecule has 0 aliphatic carbocycles. The second-order valence-electron chi connectivity index (χ2n) is 7.15. The van der Waals surface area contributed by atoms with Crippen molar-refractivity contribution in [1.29, 1.82) is 0 Å². The van der Waals surface area contributed by atoms with Gasteiger partial charge in [-0.2, -0.15) is 0 Å². The van der Waals surface area contributed by atoms with E-state index < -0.39 is 0 Å². The van der Waals surface area contributed by atoms with Crippen molar-refractivity contribution in [3.05, 3.63) is 70.7 Å². The van der Waals surface area contributed by atoms with Gasteiger partial charge in [0.25, 0.3) is 0 Å². The molecule has 0 bridgehead atoms. The smallest absolute Gasteiger partial charge is 0.186 e. The van der Waals surface area contributed by atoms with E-state index in [2.05, 4.69) is 34.5 Å². The van der Waals surface area contributed by atoms with Gasteiger partial charge in [-0.15, -0.1) is 11.3 Å². The molecule has 0 unspecified atom stereocenters. The fourth-order valence-electron chi connectivity index (χ4n) is 3.19. The van der Waals surface area contributed by atoms with Gasteiger partial charge in [0.2, 0.25) is 0 Å². The first-order valence-electron chi connectivity index (χ1n) is 9.88. The van der Waals surface area contributed by atoms with Crippen LogP contribution in [0.4, 0.5) is 5.13 Å². The molecule has 4 rings (SSSR count). The Kier molecular flexibility index (Phi) is 6.84. The first kappa shape index (κ1) is 20.7. The van der Waals surface area contributed by atoms with Crippen LogP contribution in [0.15, 0.2) is 53.9 Å². The molecule has 158 valence electrons. The number of hydrogen-bond acceptors (Lipinski definition) is 7. The molecule has 0 radical (unpaired) electrons. The van der Waals surface area contributed by atoms with E-state index in [-0.39, 0.29) is 6.10 Å². The standard InChI is InChI=1S/C23H26N2O4S/c1-26-20-7-3-5-17(9-20)11-25(12-18-6-4-8-21(10-18)27-2)23-24-19(16-30-23)13-29-22-14-28-15-22/h3-10,16,22H,11-15H2,1-2H3. The van der Waals surface area contributed by atoms with Gasteiger partial charge < -0.3 is 23.8 Å². The van der Waals surface area contributed by atoms with Crippen LogP contribution in [0, 0.1) is 0 Å². The summed E-state index contributed by atoms with van der Waals surface area (Å²) in [6, 6.07) is 16.3. The summed E-state index contributed by atoms with van der Waals surface area (Å²) in [5.41, 5.74) is 3.27. The van der Waals surface area contributed by atoms with Gasteiger partial charge in [-0.05, 0) is 35.4 Å². The van der Waals surface area contributed by atoms with Crippen molar-refractivity contribution in [3.8, 4) is 11.5 Å². The van der Waals surface area contributed by atoms with E-state index >= 15 is 0 Å². The number of ether oxygens (including phenoxy) is 4. The van der Waals surface area contributed by atoms with E-state index in [4.69, 9.17) is 23.9 Å². The van der Waals surface area contributed by atoms with Gasteiger partial charge in [0.1, 0.15) is 17.6 Å². The third-order valence-corrected chi connectivity index (χ3v) is 5.85. The molecular weight excluding hydrogens is 400 g/mol. The van der Waals surface area contributed by atoms with Crippen LogP contribution in [0.5, 0.6) is 11.5 Å². The van der Waals surface area contributed by atoms with E-state index in [0.29, 0.717) is 19.8 Å². The zero-order chi connectivity index (χ0) is 20.8. The molecule has 1 aromatic heterocycles. The summed E-state index contributed by atoms with van der Waals surface area (Å²) in [6.45, 7) is 3.30. The maximum absolute atomic E-state index is 5.82. The maximum Gasteiger partial charge on any atom is 0.186 e. The topological polar surface area (TPSA) is 53.1 Å². The largest absolute Gasteiger partial charge is 0.497 e. The molecule has 0 amide bonds. The van der Waals surface area contributed by atoms with E-state index in [1.54, 1.807) is 25.6 Å². The van der Waals surface area contributed by atoms with E-state index in [0.717, 1.165) is 46.5 Å². The van der Waals surface area contributed by atoms with Crippen molar-refractivity contribution in [2.24, 2.45) is 0 Å². The Labute approximate surface area is 181 Å². The quantitative estimate of drug-likeness (QED) is 0.482. The minimum absolute atomic E-state index is 0.194. The highest BCUT2D eigenvalue weighted by molar-refractivity contribution is 7.13. The van der Waals surface area contributed by atoms with Gasteiger partial charge in [0.05, 0.1) is 39.7 Å². The van der Waals surface area contributed by atoms with Gasteiger partial charge in [-0.25, -0.2) is 4.98 Å². The molecule has 6 nitrogen and oxygen atoms in total. The Balaban J connectivity index is 1.53. The van der Waals surface area contributed by atoms with Crippen LogP contribution in [-0.4, -0.2) is 38.5 Å². The molecule has 2 aromatic carbocycles. The molecule has 1 fully saturated rings. The lowest BCUT2D eigenvalue weighted by Gasteiger charge is -2.25. The zero-order valence-electron chi connectivity index (χ0n) is 17.2. The van der Waals surface area contributed by atoms with Gasteiger partial charge in [0, 0.05) is 18.5 Å². The fraction of sp³-hybridized carbons (Fsp3) is 0.348. The molecule has 2 heterocycles. The van der Waals surface area contributed by atoms with Crippen molar-refractivity contribution >= 4 is 16.5 Å². The molecule has 1 aliphatic rings. The summed E-state index contributed by atoms with van der Waals surface area (Å²) in [6.07, 6.45) is 0.194. The SMILES string of the molecule is COc1cccc(CN(Cc2cccc(OC)c2)c2nc(COC3COC3)cs2)c1. The average Bonchev–Trinajstić information content (AvgIpc) is 3.21. The Morgan fingerprint density at radius 1 is 1.00 bits per heavy atom. The van der Waals surface area contributed by atoms with Crippen LogP contribution < -0.4 is 14.4 Å². The van der Waals surface area contributed by atoms with Crippen LogP contribution in [0.1, 0.15) is 16.8 Å². The van der Waals surface area contributed by atoms with Crippen LogP contribution in [-0.2, 0) is 29.2 Å². The molecule has 1 saturated heterocycles. The predicted molar refractivity (Wildman–Crippen MR) is 117 cm³/mol. The number of anilines is 1. The number of thiazole rings is 1. The van der Waals surface area contributed by atoms with Crippen LogP contribution in [0.3, 0.4) is 0 Å². The van der Waals surface area contributed by atoms with Crippen molar-refractivity contribution < 1.29 is 18.9 Å². The first-order chi connectivity index (χ1) is 14.7. The summed E-state index contributed by atoms with van der Waals surface area (Å²) >= 11 is 1.63. The van der Waals surface area contributed by atoms with Gasteiger partial charge in [-0.1, -0.05) is 24.3 Å². The number of hydrogen-bond donors (Lipinski definition) is 0. The van der Waals surface area contributed by atoms with Crippen LogP contribution in [0.2, 0.25) is 0 Å². The fourth-order valence-corrected chi connectivity index (χ4v) is 4.01. The second kappa shape index (κ2) is 9.93. The zero-order valence-corrected chi connectivity index (χ0v) is 18.1. The normalized spacial score (nSPS) is 13.7. The number of rotatable bonds is 10. The monoisotopic (exact) mass is 426 g/mol. The number of methoxy groups -OCH3 is 2. The van der Waals surface area contributed by atoms with Crippen LogP contribution in [0.25, 0.3) is 0 Å². The summed E-state index contributed by atoms with van der Waals surface area (Å²) in [7, 11) is 3.38. The van der Waals surface area contributed by atoms with E-state index in [1.807, 2.05) is 24.3 Å². The molecule has 0 saturated carbocycles. The van der Waals surface area contributed by atoms with Gasteiger partial charge >= 0.3 is 0 Å². The summed E-state index contributed by atoms with van der Waals surface area (Å²) in [5, 5.41) is 3.03. The van der Waals surface area contributed by atoms with Crippen molar-refractivity contribution in [2.45, 2.75) is 25.8 Å². The Bertz CT molecular complexity index is 908. The maximum atomic E-state index is 5.82. The van der Waals surface area contributed by atoms with Crippen molar-refractivity contribution in [2.75, 3.05) is 32.3 Å². The third kappa shape index (κ3) is 5.30. The lowest BCUT2D eigenvalue weighted by molar-refractivity contribution is -0.135. The average molecular weight is 427 g/mol. The molecule has 0 atom stereocenters. The predicted octanol–water partition coefficient (Wildman–Crippen LogP) is 4.28. The minimum atomic E-state index is 0.194. The summed E-state index contributed by atoms with van der Waals surface area (Å²) in [5.74, 6) is 1.70. The molecule has 1 aliphatic heterocycles. The van der Waals surface area contributed by atoms with Crippen LogP contribution >= 0.6 is 11.3 Å². The molecule has 7 heteroatoms. The number of aromatic nitrogens is 1. The van der Waals surface area contributed by atoms with E-state index in [9.17, 15) is 0 Å².